The lowest BCUT2D eigenvalue weighted by Crippen LogP contribution is -2.31. The van der Waals surface area contributed by atoms with E-state index < -0.39 is 5.97 Å². The smallest absolute Gasteiger partial charge is 0.305 e. The van der Waals surface area contributed by atoms with Crippen LogP contribution in [0.15, 0.2) is 42.5 Å². The van der Waals surface area contributed by atoms with Crippen molar-refractivity contribution in [3.63, 3.8) is 0 Å². The molecule has 0 aliphatic rings. The fourth-order valence-electron chi connectivity index (χ4n) is 3.42. The normalized spacial score (nSPS) is 10.6. The van der Waals surface area contributed by atoms with E-state index in [-0.39, 0.29) is 23.5 Å². The Morgan fingerprint density at radius 3 is 2.45 bits per heavy atom. The maximum absolute atomic E-state index is 12.6. The van der Waals surface area contributed by atoms with Gasteiger partial charge in [-0.15, -0.1) is 0 Å². The van der Waals surface area contributed by atoms with Gasteiger partial charge in [0.15, 0.2) is 0 Å². The first-order valence-corrected chi connectivity index (χ1v) is 10.2. The maximum Gasteiger partial charge on any atom is 0.305 e. The molecule has 0 aliphatic carbocycles. The number of benzene rings is 2. The Bertz CT molecular complexity index is 1120. The van der Waals surface area contributed by atoms with Crippen LogP contribution in [0.2, 0.25) is 0 Å². The van der Waals surface area contributed by atoms with Gasteiger partial charge in [-0.05, 0) is 55.4 Å². The van der Waals surface area contributed by atoms with Gasteiger partial charge in [-0.1, -0.05) is 34.6 Å². The quantitative estimate of drug-likeness (QED) is 0.437. The first-order chi connectivity index (χ1) is 14.8. The average Bonchev–Trinajstić information content (AvgIpc) is 3.15. The SMILES string of the molecule is Cc1cccc(C)c1N(CCC(=O)O)CCC(=O)Nc1cccc(-n2[nH]nnc2=S)c1. The van der Waals surface area contributed by atoms with Gasteiger partial charge in [-0.3, -0.25) is 9.59 Å². The molecule has 10 heteroatoms. The van der Waals surface area contributed by atoms with Crippen LogP contribution >= 0.6 is 12.2 Å². The van der Waals surface area contributed by atoms with Crippen LogP contribution in [-0.2, 0) is 9.59 Å². The Kier molecular flexibility index (Phi) is 7.14. The molecule has 2 aromatic carbocycles. The second-order valence-electron chi connectivity index (χ2n) is 7.14. The highest BCUT2D eigenvalue weighted by Gasteiger charge is 2.15. The van der Waals surface area contributed by atoms with Crippen LogP contribution in [0.5, 0.6) is 0 Å². The predicted molar refractivity (Wildman–Crippen MR) is 120 cm³/mol. The summed E-state index contributed by atoms with van der Waals surface area (Å²) in [5.74, 6) is -1.04. The number of rotatable bonds is 9. The summed E-state index contributed by atoms with van der Waals surface area (Å²) in [6.45, 7) is 4.70. The van der Waals surface area contributed by atoms with Gasteiger partial charge in [0.25, 0.3) is 0 Å². The second-order valence-corrected chi connectivity index (χ2v) is 7.50. The minimum Gasteiger partial charge on any atom is -0.481 e. The number of H-pyrrole nitrogens is 1. The zero-order valence-electron chi connectivity index (χ0n) is 17.3. The third-order valence-electron chi connectivity index (χ3n) is 4.82. The molecule has 9 nitrogen and oxygen atoms in total. The van der Waals surface area contributed by atoms with E-state index in [9.17, 15) is 9.59 Å². The fraction of sp³-hybridized carbons (Fsp3) is 0.286. The van der Waals surface area contributed by atoms with Gasteiger partial charge < -0.3 is 15.3 Å². The molecule has 0 atom stereocenters. The molecule has 0 spiro atoms. The van der Waals surface area contributed by atoms with Crippen LogP contribution in [0, 0.1) is 18.6 Å². The van der Waals surface area contributed by atoms with Crippen molar-refractivity contribution >= 4 is 35.5 Å². The summed E-state index contributed by atoms with van der Waals surface area (Å²) in [7, 11) is 0. The number of anilines is 2. The molecule has 0 radical (unpaired) electrons. The van der Waals surface area contributed by atoms with Gasteiger partial charge in [-0.2, -0.15) is 5.21 Å². The van der Waals surface area contributed by atoms with Crippen LogP contribution in [0.25, 0.3) is 5.69 Å². The molecule has 31 heavy (non-hydrogen) atoms. The molecule has 0 aliphatic heterocycles. The monoisotopic (exact) mass is 440 g/mol. The number of hydrogen-bond donors (Lipinski definition) is 3. The van der Waals surface area contributed by atoms with E-state index in [4.69, 9.17) is 17.3 Å². The van der Waals surface area contributed by atoms with E-state index in [1.165, 1.54) is 4.68 Å². The number of aryl methyl sites for hydroxylation is 2. The molecule has 3 rings (SSSR count). The molecule has 0 unspecified atom stereocenters. The van der Waals surface area contributed by atoms with Crippen molar-refractivity contribution in [2.75, 3.05) is 23.3 Å². The van der Waals surface area contributed by atoms with E-state index in [1.54, 1.807) is 18.2 Å². The molecule has 162 valence electrons. The van der Waals surface area contributed by atoms with Crippen molar-refractivity contribution < 1.29 is 14.7 Å². The topological polar surface area (TPSA) is 116 Å². The number of nitrogens with one attached hydrogen (secondary N) is 2. The van der Waals surface area contributed by atoms with Crippen LogP contribution < -0.4 is 10.2 Å². The van der Waals surface area contributed by atoms with Gasteiger partial charge in [0.2, 0.25) is 10.7 Å². The number of aromatic nitrogens is 4. The molecule has 3 N–H and O–H groups in total. The second kappa shape index (κ2) is 9.98. The molecule has 3 aromatic rings. The third-order valence-corrected chi connectivity index (χ3v) is 5.08. The molecule has 1 amide bonds. The molecule has 0 saturated heterocycles. The number of amides is 1. The van der Waals surface area contributed by atoms with Gasteiger partial charge >= 0.3 is 5.97 Å². The molecular weight excluding hydrogens is 416 g/mol. The lowest BCUT2D eigenvalue weighted by molar-refractivity contribution is -0.136. The lowest BCUT2D eigenvalue weighted by Gasteiger charge is -2.27. The van der Waals surface area contributed by atoms with Crippen LogP contribution in [-0.4, -0.2) is 50.3 Å². The fourth-order valence-corrected chi connectivity index (χ4v) is 3.61. The third kappa shape index (κ3) is 5.76. The van der Waals surface area contributed by atoms with E-state index in [0.29, 0.717) is 24.5 Å². The molecule has 1 heterocycles. The number of nitrogens with zero attached hydrogens (tertiary/aromatic N) is 4. The summed E-state index contributed by atoms with van der Waals surface area (Å²) < 4.78 is 1.81. The van der Waals surface area contributed by atoms with Gasteiger partial charge in [0, 0.05) is 30.9 Å². The standard InChI is InChI=1S/C21H24N6O3S/c1-14-5-3-6-15(2)20(14)26(12-10-19(29)30)11-9-18(28)22-16-7-4-8-17(13-16)27-21(31)23-24-25-27/h3-8,13H,9-12H2,1-2H3,(H,22,28)(H,29,30)(H,23,25,31). The molecular formula is C21H24N6O3S. The van der Waals surface area contributed by atoms with Crippen LogP contribution in [0.3, 0.4) is 0 Å². The number of carboxylic acids is 1. The number of tetrazole rings is 1. The Hall–Kier alpha value is -3.53. The Morgan fingerprint density at radius 1 is 1.13 bits per heavy atom. The Labute approximate surface area is 184 Å². The number of aliphatic carboxylic acids is 1. The van der Waals surface area contributed by atoms with Crippen LogP contribution in [0.4, 0.5) is 11.4 Å². The summed E-state index contributed by atoms with van der Waals surface area (Å²) in [6, 6.07) is 13.1. The summed E-state index contributed by atoms with van der Waals surface area (Å²) >= 11 is 5.10. The summed E-state index contributed by atoms with van der Waals surface area (Å²) in [6.07, 6.45) is 0.207. The van der Waals surface area contributed by atoms with Crippen molar-refractivity contribution in [3.8, 4) is 5.69 Å². The van der Waals surface area contributed by atoms with Gasteiger partial charge in [0.1, 0.15) is 0 Å². The highest BCUT2D eigenvalue weighted by Crippen LogP contribution is 2.25. The average molecular weight is 441 g/mol. The largest absolute Gasteiger partial charge is 0.481 e. The number of para-hydroxylation sites is 1. The van der Waals surface area contributed by atoms with Gasteiger partial charge in [-0.25, -0.2) is 4.68 Å². The summed E-state index contributed by atoms with van der Waals surface area (Å²) in [5.41, 5.74) is 4.38. The van der Waals surface area contributed by atoms with Crippen molar-refractivity contribution in [1.82, 2.24) is 20.2 Å². The predicted octanol–water partition coefficient (Wildman–Crippen LogP) is 3.25. The number of carbonyl (C=O) groups excluding carboxylic acids is 1. The van der Waals surface area contributed by atoms with Crippen molar-refractivity contribution in [3.05, 3.63) is 58.4 Å². The van der Waals surface area contributed by atoms with Crippen molar-refractivity contribution in [1.29, 1.82) is 0 Å². The maximum atomic E-state index is 12.6. The highest BCUT2D eigenvalue weighted by atomic mass is 32.1. The first kappa shape index (κ1) is 22.2. The number of aromatic amines is 1. The van der Waals surface area contributed by atoms with E-state index >= 15 is 0 Å². The molecule has 0 bridgehead atoms. The van der Waals surface area contributed by atoms with Crippen LogP contribution in [0.1, 0.15) is 24.0 Å². The van der Waals surface area contributed by atoms with E-state index in [2.05, 4.69) is 20.8 Å². The minimum atomic E-state index is -0.871. The Morgan fingerprint density at radius 2 is 1.81 bits per heavy atom. The van der Waals surface area contributed by atoms with Gasteiger partial charge in [0.05, 0.1) is 12.1 Å². The lowest BCUT2D eigenvalue weighted by atomic mass is 10.1. The van der Waals surface area contributed by atoms with E-state index in [0.717, 1.165) is 16.8 Å². The zero-order chi connectivity index (χ0) is 22.4. The number of carboxylic acid groups (broad SMARTS) is 1. The molecule has 1 aromatic heterocycles. The highest BCUT2D eigenvalue weighted by molar-refractivity contribution is 7.71. The van der Waals surface area contributed by atoms with Crippen molar-refractivity contribution in [2.45, 2.75) is 26.7 Å². The Balaban J connectivity index is 1.69. The van der Waals surface area contributed by atoms with E-state index in [1.807, 2.05) is 43.0 Å². The first-order valence-electron chi connectivity index (χ1n) is 9.78. The molecule has 0 saturated carbocycles. The zero-order valence-corrected chi connectivity index (χ0v) is 18.1. The van der Waals surface area contributed by atoms with Crippen molar-refractivity contribution in [2.24, 2.45) is 0 Å². The summed E-state index contributed by atoms with van der Waals surface area (Å²) in [4.78, 5) is 25.7. The minimum absolute atomic E-state index is 0.00368. The molecule has 0 fully saturated rings. The number of carbonyl (C=O) groups is 2. The number of hydrogen-bond acceptors (Lipinski definition) is 6. The summed E-state index contributed by atoms with van der Waals surface area (Å²) in [5, 5.41) is 22.1.